The van der Waals surface area contributed by atoms with E-state index in [4.69, 9.17) is 25.5 Å². The van der Waals surface area contributed by atoms with E-state index in [0.717, 1.165) is 31.2 Å². The van der Waals surface area contributed by atoms with Crippen LogP contribution in [0.1, 0.15) is 112 Å². The van der Waals surface area contributed by atoms with Crippen LogP contribution in [0, 0.1) is 23.2 Å². The third-order valence-corrected chi connectivity index (χ3v) is 10.7. The molecule has 0 spiro atoms. The quantitative estimate of drug-likeness (QED) is 0.194. The Hall–Kier alpha value is -1.64. The maximum Gasteiger partial charge on any atom is 0.408 e. The van der Waals surface area contributed by atoms with Gasteiger partial charge in [0.25, 0.3) is 0 Å². The fraction of sp³-hybridized carbons (Fsp3) is 0.765. The molecule has 0 aromatic heterocycles. The molecule has 9 heteroatoms. The van der Waals surface area contributed by atoms with Gasteiger partial charge in [-0.05, 0) is 92.9 Å². The van der Waals surface area contributed by atoms with E-state index in [1.54, 1.807) is 0 Å². The number of ether oxygens (including phenoxy) is 2. The normalized spacial score (nSPS) is 26.4. The third-order valence-electron chi connectivity index (χ3n) is 9.07. The van der Waals surface area contributed by atoms with E-state index in [9.17, 15) is 14.0 Å². The molecule has 2 fully saturated rings. The summed E-state index contributed by atoms with van der Waals surface area (Å²) in [5, 5.41) is 3.68. The average molecular weight is 638 g/mol. The van der Waals surface area contributed by atoms with Gasteiger partial charge in [0.1, 0.15) is 11.8 Å². The number of nitrogens with one attached hydrogen (secondary N) is 1. The largest absolute Gasteiger partial charge is 0.469 e. The second-order valence-electron chi connectivity index (χ2n) is 16.0. The molecule has 6 nitrogen and oxygen atoms in total. The maximum absolute atomic E-state index is 14.1. The Labute approximate surface area is 266 Å². The summed E-state index contributed by atoms with van der Waals surface area (Å²) in [4.78, 5) is 26.9. The summed E-state index contributed by atoms with van der Waals surface area (Å²) >= 11 is 6.83. The molecule has 0 aliphatic heterocycles. The van der Waals surface area contributed by atoms with Gasteiger partial charge in [-0.25, -0.2) is 9.18 Å². The molecule has 2 aliphatic carbocycles. The van der Waals surface area contributed by atoms with Gasteiger partial charge in [0.2, 0.25) is 9.76 Å². The van der Waals surface area contributed by atoms with Crippen molar-refractivity contribution in [3.8, 4) is 0 Å². The van der Waals surface area contributed by atoms with Crippen molar-refractivity contribution in [1.82, 2.24) is 5.32 Å². The van der Waals surface area contributed by atoms with Gasteiger partial charge in [0, 0.05) is 17.9 Å². The van der Waals surface area contributed by atoms with E-state index in [2.05, 4.69) is 60.7 Å². The average Bonchev–Trinajstić information content (AvgIpc) is 2.81. The number of esters is 1. The fourth-order valence-electron chi connectivity index (χ4n) is 6.17. The van der Waals surface area contributed by atoms with Crippen molar-refractivity contribution in [3.05, 3.63) is 34.3 Å². The Kier molecular flexibility index (Phi) is 10.8. The molecular weight excluding hydrogens is 585 g/mol. The van der Waals surface area contributed by atoms with E-state index >= 15 is 0 Å². The molecule has 2 aliphatic rings. The SMILES string of the molecule is COC(=O)C(C1CC(C(C)(C)O[Si]C(C)(C)C)C1)C(C)(NC(=O)OC1CC(C)(F)C1)c1ccc(CCC(C)(C)C)c(Cl)c1. The smallest absolute Gasteiger partial charge is 0.408 e. The van der Waals surface area contributed by atoms with Crippen LogP contribution in [0.3, 0.4) is 0 Å². The maximum atomic E-state index is 14.1. The summed E-state index contributed by atoms with van der Waals surface area (Å²) < 4.78 is 31.5. The predicted octanol–water partition coefficient (Wildman–Crippen LogP) is 8.60. The lowest BCUT2D eigenvalue weighted by atomic mass is 9.58. The molecule has 3 rings (SSSR count). The Bertz CT molecular complexity index is 1150. The minimum Gasteiger partial charge on any atom is -0.469 e. The van der Waals surface area contributed by atoms with Crippen LogP contribution in [0.2, 0.25) is 10.1 Å². The molecule has 2 unspecified atom stereocenters. The Morgan fingerprint density at radius 3 is 2.19 bits per heavy atom. The van der Waals surface area contributed by atoms with Crippen molar-refractivity contribution in [3.63, 3.8) is 0 Å². The zero-order chi connectivity index (χ0) is 32.6. The van der Waals surface area contributed by atoms with Gasteiger partial charge in [0.05, 0.1) is 24.2 Å². The van der Waals surface area contributed by atoms with Crippen LogP contribution in [0.25, 0.3) is 0 Å². The Balaban J connectivity index is 1.91. The number of amides is 1. The lowest BCUT2D eigenvalue weighted by Gasteiger charge is -2.51. The topological polar surface area (TPSA) is 73.9 Å². The molecule has 0 bridgehead atoms. The lowest BCUT2D eigenvalue weighted by molar-refractivity contribution is -0.156. The number of methoxy groups -OCH3 is 1. The highest BCUT2D eigenvalue weighted by Crippen LogP contribution is 2.51. The molecular formula is C34H53ClFNO5Si. The van der Waals surface area contributed by atoms with E-state index in [-0.39, 0.29) is 40.7 Å². The third kappa shape index (κ3) is 9.43. The molecule has 1 aromatic rings. The molecule has 1 N–H and O–H groups in total. The second kappa shape index (κ2) is 13.0. The molecule has 0 saturated heterocycles. The summed E-state index contributed by atoms with van der Waals surface area (Å²) in [7, 11) is 1.73. The molecule has 1 amide bonds. The van der Waals surface area contributed by atoms with Crippen LogP contribution >= 0.6 is 11.6 Å². The lowest BCUT2D eigenvalue weighted by Crippen LogP contribution is -2.58. The highest BCUT2D eigenvalue weighted by Gasteiger charge is 2.54. The van der Waals surface area contributed by atoms with Crippen LogP contribution < -0.4 is 5.32 Å². The number of hydrogen-bond donors (Lipinski definition) is 1. The van der Waals surface area contributed by atoms with Crippen LogP contribution in [0.4, 0.5) is 9.18 Å². The number of carbonyl (C=O) groups excluding carboxylic acids is 2. The summed E-state index contributed by atoms with van der Waals surface area (Å²) in [5.74, 6) is -0.932. The highest BCUT2D eigenvalue weighted by atomic mass is 35.5. The summed E-state index contributed by atoms with van der Waals surface area (Å²) in [6, 6.07) is 5.78. The van der Waals surface area contributed by atoms with Crippen LogP contribution in [-0.2, 0) is 30.7 Å². The first-order valence-corrected chi connectivity index (χ1v) is 16.8. The van der Waals surface area contributed by atoms with Gasteiger partial charge in [-0.3, -0.25) is 4.79 Å². The van der Waals surface area contributed by atoms with Gasteiger partial charge < -0.3 is 19.2 Å². The van der Waals surface area contributed by atoms with Crippen molar-refractivity contribution in [2.24, 2.45) is 23.2 Å². The number of carbonyl (C=O) groups is 2. The van der Waals surface area contributed by atoms with Crippen LogP contribution in [0.5, 0.6) is 0 Å². The minimum atomic E-state index is -1.33. The second-order valence-corrected chi connectivity index (χ2v) is 18.3. The van der Waals surface area contributed by atoms with E-state index in [0.29, 0.717) is 20.3 Å². The van der Waals surface area contributed by atoms with E-state index < -0.39 is 35.3 Å². The molecule has 2 radical (unpaired) electrons. The molecule has 2 saturated carbocycles. The summed E-state index contributed by atoms with van der Waals surface area (Å²) in [5.41, 5.74) is -1.01. The summed E-state index contributed by atoms with van der Waals surface area (Å²) in [6.07, 6.45) is 2.38. The molecule has 1 aromatic carbocycles. The Morgan fingerprint density at radius 1 is 1.09 bits per heavy atom. The van der Waals surface area contributed by atoms with Gasteiger partial charge in [-0.15, -0.1) is 0 Å². The van der Waals surface area contributed by atoms with Crippen LogP contribution in [-0.4, -0.2) is 46.3 Å². The van der Waals surface area contributed by atoms with Crippen molar-refractivity contribution < 1.29 is 27.9 Å². The van der Waals surface area contributed by atoms with E-state index in [1.807, 2.05) is 25.1 Å². The Morgan fingerprint density at radius 2 is 1.70 bits per heavy atom. The standard InChI is InChI=1S/C34H53ClFNO5Si/c1-30(2,3)15-14-21-12-13-23(18-26(21)35)34(10,37-29(39)41-25-19-33(9,36)20-25)27(28(38)40-11)22-16-24(17-22)32(7,8)42-43-31(4,5)6/h12-13,18,22,24-25,27H,14-17,19-20H2,1-11H3,(H,37,39). The van der Waals surface area contributed by atoms with Crippen molar-refractivity contribution in [2.45, 2.75) is 136 Å². The number of alkyl carbamates (subject to hydrolysis) is 1. The fourth-order valence-corrected chi connectivity index (χ4v) is 7.19. The van der Waals surface area contributed by atoms with Gasteiger partial charge >= 0.3 is 12.1 Å². The van der Waals surface area contributed by atoms with Gasteiger partial charge in [0.15, 0.2) is 0 Å². The number of hydrogen-bond acceptors (Lipinski definition) is 5. The van der Waals surface area contributed by atoms with E-state index in [1.165, 1.54) is 14.0 Å². The molecule has 0 heterocycles. The minimum absolute atomic E-state index is 0.0656. The summed E-state index contributed by atoms with van der Waals surface area (Å²) in [6.45, 7) is 20.6. The van der Waals surface area contributed by atoms with Crippen molar-refractivity contribution >= 4 is 33.4 Å². The number of alkyl halides is 1. The highest BCUT2D eigenvalue weighted by molar-refractivity contribution is 6.32. The predicted molar refractivity (Wildman–Crippen MR) is 171 cm³/mol. The molecule has 2 atom stereocenters. The first-order chi connectivity index (χ1) is 19.6. The number of aryl methyl sites for hydroxylation is 1. The van der Waals surface area contributed by atoms with Crippen LogP contribution in [0.15, 0.2) is 18.2 Å². The van der Waals surface area contributed by atoms with Gasteiger partial charge in [-0.2, -0.15) is 0 Å². The number of halogens is 2. The number of rotatable bonds is 11. The zero-order valence-corrected chi connectivity index (χ0v) is 29.8. The molecule has 242 valence electrons. The van der Waals surface area contributed by atoms with Gasteiger partial charge in [-0.1, -0.05) is 65.3 Å². The number of benzene rings is 1. The van der Waals surface area contributed by atoms with Crippen molar-refractivity contribution in [2.75, 3.05) is 7.11 Å². The molecule has 43 heavy (non-hydrogen) atoms. The zero-order valence-electron chi connectivity index (χ0n) is 28.1. The first-order valence-electron chi connectivity index (χ1n) is 15.5. The monoisotopic (exact) mass is 637 g/mol. The van der Waals surface area contributed by atoms with Crippen molar-refractivity contribution in [1.29, 1.82) is 0 Å². The first kappa shape index (κ1) is 35.8.